The molecule has 7 heteroatoms. The number of aromatic nitrogens is 3. The zero-order valence-electron chi connectivity index (χ0n) is 14.8. The Kier molecular flexibility index (Phi) is 5.78. The second-order valence-corrected chi connectivity index (χ2v) is 7.05. The SMILES string of the molecule is CCCc1nn2c(=O)cc(COC(=O)[C@H](CC)c3ccccc3)nc2s1. The lowest BCUT2D eigenvalue weighted by Crippen LogP contribution is -2.19. The Hall–Kier alpha value is -2.54. The molecule has 136 valence electrons. The Morgan fingerprint density at radius 2 is 2.04 bits per heavy atom. The summed E-state index contributed by atoms with van der Waals surface area (Å²) >= 11 is 1.39. The highest BCUT2D eigenvalue weighted by Gasteiger charge is 2.20. The number of carbonyl (C=O) groups excluding carboxylic acids is 1. The molecule has 1 atom stereocenters. The standard InChI is InChI=1S/C19H21N3O3S/c1-3-8-16-21-22-17(23)11-14(20-19(22)26-16)12-25-18(24)15(4-2)13-9-6-5-7-10-13/h5-7,9-11,15H,3-4,8,12H2,1-2H3/t15-/m1/s1. The molecule has 0 radical (unpaired) electrons. The second-order valence-electron chi connectivity index (χ2n) is 6.01. The summed E-state index contributed by atoms with van der Waals surface area (Å²) in [6.07, 6.45) is 2.41. The van der Waals surface area contributed by atoms with Crippen LogP contribution in [-0.4, -0.2) is 20.6 Å². The van der Waals surface area contributed by atoms with Gasteiger partial charge in [-0.2, -0.15) is 9.61 Å². The van der Waals surface area contributed by atoms with Crippen molar-refractivity contribution in [2.45, 2.75) is 45.6 Å². The van der Waals surface area contributed by atoms with Crippen molar-refractivity contribution in [2.75, 3.05) is 0 Å². The molecule has 0 saturated heterocycles. The predicted molar refractivity (Wildman–Crippen MR) is 100 cm³/mol. The summed E-state index contributed by atoms with van der Waals surface area (Å²) in [5.74, 6) is -0.628. The Morgan fingerprint density at radius 1 is 1.27 bits per heavy atom. The summed E-state index contributed by atoms with van der Waals surface area (Å²) in [5, 5.41) is 5.15. The van der Waals surface area contributed by atoms with Gasteiger partial charge in [-0.05, 0) is 18.4 Å². The molecule has 6 nitrogen and oxygen atoms in total. The normalized spacial score (nSPS) is 12.2. The molecule has 0 aliphatic carbocycles. The fourth-order valence-electron chi connectivity index (χ4n) is 2.75. The monoisotopic (exact) mass is 371 g/mol. The summed E-state index contributed by atoms with van der Waals surface area (Å²) in [5.41, 5.74) is 1.11. The molecule has 0 spiro atoms. The van der Waals surface area contributed by atoms with E-state index >= 15 is 0 Å². The van der Waals surface area contributed by atoms with Gasteiger partial charge in [-0.3, -0.25) is 9.59 Å². The molecule has 0 saturated carbocycles. The molecule has 2 aromatic heterocycles. The first kappa shape index (κ1) is 18.3. The van der Waals surface area contributed by atoms with Gasteiger partial charge in [-0.15, -0.1) is 0 Å². The Bertz CT molecular complexity index is 950. The van der Waals surface area contributed by atoms with Crippen molar-refractivity contribution in [3.8, 4) is 0 Å². The van der Waals surface area contributed by atoms with Crippen LogP contribution in [0.1, 0.15) is 48.9 Å². The molecule has 0 N–H and O–H groups in total. The maximum Gasteiger partial charge on any atom is 0.313 e. The highest BCUT2D eigenvalue weighted by Crippen LogP contribution is 2.21. The average Bonchev–Trinajstić information content (AvgIpc) is 3.05. The smallest absolute Gasteiger partial charge is 0.313 e. The van der Waals surface area contributed by atoms with Gasteiger partial charge in [0.1, 0.15) is 11.6 Å². The predicted octanol–water partition coefficient (Wildman–Crippen LogP) is 3.34. The van der Waals surface area contributed by atoms with E-state index in [1.54, 1.807) is 0 Å². The number of aryl methyl sites for hydroxylation is 1. The van der Waals surface area contributed by atoms with Gasteiger partial charge >= 0.3 is 5.97 Å². The number of nitrogens with zero attached hydrogens (tertiary/aromatic N) is 3. The highest BCUT2D eigenvalue weighted by atomic mass is 32.1. The lowest BCUT2D eigenvalue weighted by molar-refractivity contribution is -0.147. The van der Waals surface area contributed by atoms with E-state index in [9.17, 15) is 9.59 Å². The third-order valence-electron chi connectivity index (χ3n) is 4.06. The molecule has 0 aliphatic heterocycles. The van der Waals surface area contributed by atoms with Crippen LogP contribution < -0.4 is 5.56 Å². The van der Waals surface area contributed by atoms with Gasteiger partial charge in [0.2, 0.25) is 4.96 Å². The number of rotatable bonds is 7. The minimum Gasteiger partial charge on any atom is -0.459 e. The van der Waals surface area contributed by atoms with Crippen LogP contribution in [0.5, 0.6) is 0 Å². The number of benzene rings is 1. The quantitative estimate of drug-likeness (QED) is 0.596. The van der Waals surface area contributed by atoms with Crippen molar-refractivity contribution in [3.05, 3.63) is 63.0 Å². The zero-order valence-corrected chi connectivity index (χ0v) is 15.7. The van der Waals surface area contributed by atoms with E-state index in [1.165, 1.54) is 21.9 Å². The van der Waals surface area contributed by atoms with E-state index in [4.69, 9.17) is 4.74 Å². The fourth-order valence-corrected chi connectivity index (χ4v) is 3.77. The second kappa shape index (κ2) is 8.23. The number of ether oxygens (including phenoxy) is 1. The first-order valence-electron chi connectivity index (χ1n) is 8.72. The molecule has 1 aromatic carbocycles. The lowest BCUT2D eigenvalue weighted by Gasteiger charge is -2.14. The van der Waals surface area contributed by atoms with Crippen LogP contribution in [0.25, 0.3) is 4.96 Å². The Labute approximate surface area is 155 Å². The van der Waals surface area contributed by atoms with E-state index in [2.05, 4.69) is 17.0 Å². The summed E-state index contributed by atoms with van der Waals surface area (Å²) in [7, 11) is 0. The van der Waals surface area contributed by atoms with E-state index in [0.29, 0.717) is 17.1 Å². The topological polar surface area (TPSA) is 73.6 Å². The summed E-state index contributed by atoms with van der Waals surface area (Å²) < 4.78 is 6.73. The van der Waals surface area contributed by atoms with E-state index in [1.807, 2.05) is 37.3 Å². The number of esters is 1. The number of hydrogen-bond donors (Lipinski definition) is 0. The fraction of sp³-hybridized carbons (Fsp3) is 0.368. The molecule has 26 heavy (non-hydrogen) atoms. The van der Waals surface area contributed by atoms with Gasteiger partial charge in [0, 0.05) is 12.5 Å². The zero-order chi connectivity index (χ0) is 18.5. The van der Waals surface area contributed by atoms with Crippen LogP contribution in [0.4, 0.5) is 0 Å². The van der Waals surface area contributed by atoms with Crippen LogP contribution in [0.15, 0.2) is 41.2 Å². The molecule has 3 rings (SSSR count). The van der Waals surface area contributed by atoms with Crippen LogP contribution >= 0.6 is 11.3 Å². The van der Waals surface area contributed by atoms with E-state index < -0.39 is 0 Å². The van der Waals surface area contributed by atoms with Crippen molar-refractivity contribution in [3.63, 3.8) is 0 Å². The van der Waals surface area contributed by atoms with Crippen molar-refractivity contribution in [1.82, 2.24) is 14.6 Å². The Balaban J connectivity index is 1.74. The largest absolute Gasteiger partial charge is 0.459 e. The van der Waals surface area contributed by atoms with Gasteiger partial charge < -0.3 is 4.74 Å². The van der Waals surface area contributed by atoms with Crippen LogP contribution in [0.2, 0.25) is 0 Å². The molecule has 0 fully saturated rings. The van der Waals surface area contributed by atoms with E-state index in [0.717, 1.165) is 23.4 Å². The highest BCUT2D eigenvalue weighted by molar-refractivity contribution is 7.16. The lowest BCUT2D eigenvalue weighted by atomic mass is 9.97. The van der Waals surface area contributed by atoms with Crippen molar-refractivity contribution < 1.29 is 9.53 Å². The van der Waals surface area contributed by atoms with Crippen LogP contribution in [0, 0.1) is 0 Å². The molecular formula is C19H21N3O3S. The van der Waals surface area contributed by atoms with Crippen molar-refractivity contribution in [1.29, 1.82) is 0 Å². The number of carbonyl (C=O) groups is 1. The molecule has 2 heterocycles. The summed E-state index contributed by atoms with van der Waals surface area (Å²) in [4.78, 5) is 29.6. The van der Waals surface area contributed by atoms with Gasteiger partial charge in [0.15, 0.2) is 0 Å². The first-order chi connectivity index (χ1) is 12.6. The van der Waals surface area contributed by atoms with Crippen LogP contribution in [0.3, 0.4) is 0 Å². The molecule has 0 unspecified atom stereocenters. The average molecular weight is 371 g/mol. The Morgan fingerprint density at radius 3 is 2.73 bits per heavy atom. The van der Waals surface area contributed by atoms with Crippen molar-refractivity contribution in [2.24, 2.45) is 0 Å². The summed E-state index contributed by atoms with van der Waals surface area (Å²) in [6.45, 7) is 3.99. The molecule has 3 aromatic rings. The third kappa shape index (κ3) is 3.99. The number of fused-ring (bicyclic) bond motifs is 1. The minimum absolute atomic E-state index is 0.0189. The van der Waals surface area contributed by atoms with Gasteiger partial charge in [-0.25, -0.2) is 4.98 Å². The van der Waals surface area contributed by atoms with Gasteiger partial charge in [0.05, 0.1) is 11.6 Å². The van der Waals surface area contributed by atoms with Crippen LogP contribution in [-0.2, 0) is 22.6 Å². The van der Waals surface area contributed by atoms with Gasteiger partial charge in [0.25, 0.3) is 5.56 Å². The maximum atomic E-state index is 12.4. The summed E-state index contributed by atoms with van der Waals surface area (Å²) in [6, 6.07) is 10.9. The maximum absolute atomic E-state index is 12.4. The molecule has 0 bridgehead atoms. The molecular weight excluding hydrogens is 350 g/mol. The molecule has 0 aliphatic rings. The van der Waals surface area contributed by atoms with Crippen molar-refractivity contribution >= 4 is 22.3 Å². The minimum atomic E-state index is -0.319. The van der Waals surface area contributed by atoms with E-state index in [-0.39, 0.29) is 24.1 Å². The molecule has 0 amide bonds. The number of hydrogen-bond acceptors (Lipinski definition) is 6. The third-order valence-corrected chi connectivity index (χ3v) is 5.03. The first-order valence-corrected chi connectivity index (χ1v) is 9.54. The van der Waals surface area contributed by atoms with Gasteiger partial charge in [-0.1, -0.05) is 55.5 Å².